The predicted octanol–water partition coefficient (Wildman–Crippen LogP) is 2.26. The van der Waals surface area contributed by atoms with Gasteiger partial charge in [-0.15, -0.1) is 0 Å². The molecule has 11 nitrogen and oxygen atoms in total. The summed E-state index contributed by atoms with van der Waals surface area (Å²) in [5.74, 6) is 0.558. The number of carbonyl (C=O) groups excluding carboxylic acids is 5. The van der Waals surface area contributed by atoms with Crippen molar-refractivity contribution in [2.45, 2.75) is 63.8 Å². The van der Waals surface area contributed by atoms with Crippen LogP contribution in [-0.4, -0.2) is 80.0 Å². The van der Waals surface area contributed by atoms with Gasteiger partial charge in [-0.1, -0.05) is 6.07 Å². The quantitative estimate of drug-likeness (QED) is 0.238. The van der Waals surface area contributed by atoms with Crippen molar-refractivity contribution in [3.63, 3.8) is 0 Å². The number of ether oxygens (including phenoxy) is 2. The molecule has 0 aromatic heterocycles. The van der Waals surface area contributed by atoms with E-state index >= 15 is 0 Å². The minimum atomic E-state index is -0.999. The van der Waals surface area contributed by atoms with Crippen LogP contribution >= 0.6 is 0 Å². The van der Waals surface area contributed by atoms with Gasteiger partial charge in [-0.05, 0) is 80.2 Å². The average Bonchev–Trinajstić information content (AvgIpc) is 3.19. The highest BCUT2D eigenvalue weighted by molar-refractivity contribution is 6.25. The SMILES string of the molecule is O=C(CC12CC3CC(CC(C3)C1)C2)NCCOCCOCCNc1cccc2c1C(=O)N(C1CCC(=O)NC1=O)C2=O. The Balaban J connectivity index is 0.858. The van der Waals surface area contributed by atoms with Crippen molar-refractivity contribution in [2.24, 2.45) is 23.2 Å². The van der Waals surface area contributed by atoms with E-state index in [-0.39, 0.29) is 35.3 Å². The Hall–Kier alpha value is -3.31. The second-order valence-electron chi connectivity index (χ2n) is 12.8. The number of benzene rings is 1. The van der Waals surface area contributed by atoms with E-state index in [0.29, 0.717) is 51.6 Å². The molecular formula is C31H40N4O7. The summed E-state index contributed by atoms with van der Waals surface area (Å²) in [5, 5.41) is 8.39. The van der Waals surface area contributed by atoms with Crippen LogP contribution in [0.1, 0.15) is 78.5 Å². The van der Waals surface area contributed by atoms with Crippen LogP contribution in [0.2, 0.25) is 0 Å². The third-order valence-electron chi connectivity index (χ3n) is 9.67. The van der Waals surface area contributed by atoms with E-state index in [4.69, 9.17) is 9.47 Å². The number of piperidine rings is 1. The van der Waals surface area contributed by atoms with E-state index < -0.39 is 29.7 Å². The fraction of sp³-hybridized carbons (Fsp3) is 0.645. The molecule has 1 aromatic carbocycles. The molecule has 2 heterocycles. The van der Waals surface area contributed by atoms with E-state index in [1.165, 1.54) is 38.5 Å². The minimum Gasteiger partial charge on any atom is -0.382 e. The summed E-state index contributed by atoms with van der Waals surface area (Å²) < 4.78 is 11.2. The Morgan fingerprint density at radius 2 is 1.57 bits per heavy atom. The molecule has 1 unspecified atom stereocenters. The Kier molecular flexibility index (Phi) is 8.31. The second kappa shape index (κ2) is 12.1. The van der Waals surface area contributed by atoms with Crippen LogP contribution in [0.3, 0.4) is 0 Å². The number of fused-ring (bicyclic) bond motifs is 1. The number of hydrogen-bond donors (Lipinski definition) is 3. The van der Waals surface area contributed by atoms with Crippen LogP contribution in [0.5, 0.6) is 0 Å². The van der Waals surface area contributed by atoms with Crippen LogP contribution in [0.25, 0.3) is 0 Å². The normalized spacial score (nSPS) is 29.6. The van der Waals surface area contributed by atoms with Gasteiger partial charge in [-0.25, -0.2) is 0 Å². The summed E-state index contributed by atoms with van der Waals surface area (Å²) in [6.45, 7) is 2.47. The summed E-state index contributed by atoms with van der Waals surface area (Å²) in [7, 11) is 0. The summed E-state index contributed by atoms with van der Waals surface area (Å²) in [6.07, 6.45) is 8.69. The van der Waals surface area contributed by atoms with E-state index in [9.17, 15) is 24.0 Å². The maximum atomic E-state index is 13.1. The molecule has 1 atom stereocenters. The lowest BCUT2D eigenvalue weighted by atomic mass is 9.49. The molecule has 1 saturated heterocycles. The Bertz CT molecular complexity index is 1230. The lowest BCUT2D eigenvalue weighted by Gasteiger charge is -2.56. The van der Waals surface area contributed by atoms with Gasteiger partial charge in [0.05, 0.1) is 37.6 Å². The van der Waals surface area contributed by atoms with Crippen molar-refractivity contribution in [2.75, 3.05) is 44.8 Å². The first-order chi connectivity index (χ1) is 20.3. The van der Waals surface area contributed by atoms with Crippen LogP contribution in [0, 0.1) is 23.2 Å². The lowest BCUT2D eigenvalue weighted by molar-refractivity contribution is -0.136. The average molecular weight is 581 g/mol. The van der Waals surface area contributed by atoms with Crippen LogP contribution in [0.4, 0.5) is 5.69 Å². The molecule has 6 aliphatic rings. The number of imide groups is 2. The maximum absolute atomic E-state index is 13.1. The van der Waals surface area contributed by atoms with Crippen LogP contribution < -0.4 is 16.0 Å². The van der Waals surface area contributed by atoms with Gasteiger partial charge in [-0.3, -0.25) is 34.2 Å². The molecule has 3 N–H and O–H groups in total. The first-order valence-electron chi connectivity index (χ1n) is 15.3. The number of anilines is 1. The number of amides is 5. The van der Waals surface area contributed by atoms with Crippen molar-refractivity contribution in [3.05, 3.63) is 29.3 Å². The van der Waals surface area contributed by atoms with E-state index in [0.717, 1.165) is 22.7 Å². The molecule has 4 saturated carbocycles. The molecular weight excluding hydrogens is 540 g/mol. The topological polar surface area (TPSA) is 143 Å². The van der Waals surface area contributed by atoms with Gasteiger partial charge in [0.25, 0.3) is 11.8 Å². The Morgan fingerprint density at radius 1 is 0.905 bits per heavy atom. The standard InChI is InChI=1S/C31H40N4O7/c36-25-5-4-24(28(38)34-25)35-29(39)22-2-1-3-23(27(22)30(35)40)32-6-8-41-10-11-42-9-7-33-26(37)18-31-15-19-12-20(16-31)14-21(13-19)17-31/h1-3,19-21,24,32H,4-18H2,(H,33,37)(H,34,36,38). The molecule has 0 spiro atoms. The van der Waals surface area contributed by atoms with E-state index in [1.54, 1.807) is 18.2 Å². The fourth-order valence-corrected chi connectivity index (χ4v) is 8.41. The van der Waals surface area contributed by atoms with Gasteiger partial charge >= 0.3 is 0 Å². The third-order valence-corrected chi connectivity index (χ3v) is 9.67. The highest BCUT2D eigenvalue weighted by Gasteiger charge is 2.51. The number of carbonyl (C=O) groups is 5. The summed E-state index contributed by atoms with van der Waals surface area (Å²) in [6, 6.07) is 3.95. The van der Waals surface area contributed by atoms with Gasteiger partial charge in [-0.2, -0.15) is 0 Å². The molecule has 42 heavy (non-hydrogen) atoms. The third kappa shape index (κ3) is 5.94. The number of hydrogen-bond acceptors (Lipinski definition) is 8. The fourth-order valence-electron chi connectivity index (χ4n) is 8.41. The smallest absolute Gasteiger partial charge is 0.264 e. The monoisotopic (exact) mass is 580 g/mol. The molecule has 5 fully saturated rings. The minimum absolute atomic E-state index is 0.0757. The van der Waals surface area contributed by atoms with Crippen molar-refractivity contribution < 1.29 is 33.4 Å². The van der Waals surface area contributed by atoms with E-state index in [2.05, 4.69) is 16.0 Å². The van der Waals surface area contributed by atoms with Gasteiger partial charge < -0.3 is 20.1 Å². The predicted molar refractivity (Wildman–Crippen MR) is 151 cm³/mol. The molecule has 4 bridgehead atoms. The van der Waals surface area contributed by atoms with Crippen LogP contribution in [0.15, 0.2) is 18.2 Å². The summed E-state index contributed by atoms with van der Waals surface area (Å²) in [5.41, 5.74) is 1.19. The van der Waals surface area contributed by atoms with Gasteiger partial charge in [0, 0.05) is 31.6 Å². The first kappa shape index (κ1) is 28.8. The van der Waals surface area contributed by atoms with Gasteiger partial charge in [0.15, 0.2) is 0 Å². The van der Waals surface area contributed by atoms with Gasteiger partial charge in [0.2, 0.25) is 17.7 Å². The van der Waals surface area contributed by atoms with Crippen LogP contribution in [-0.2, 0) is 23.9 Å². The molecule has 4 aliphatic carbocycles. The maximum Gasteiger partial charge on any atom is 0.264 e. The molecule has 11 heteroatoms. The van der Waals surface area contributed by atoms with Crippen molar-refractivity contribution in [3.8, 4) is 0 Å². The zero-order valence-electron chi connectivity index (χ0n) is 24.0. The van der Waals surface area contributed by atoms with Gasteiger partial charge in [0.1, 0.15) is 6.04 Å². The lowest BCUT2D eigenvalue weighted by Crippen LogP contribution is -2.54. The molecule has 2 aliphatic heterocycles. The number of nitrogens with one attached hydrogen (secondary N) is 3. The number of rotatable bonds is 13. The molecule has 5 amide bonds. The molecule has 226 valence electrons. The highest BCUT2D eigenvalue weighted by Crippen LogP contribution is 2.61. The van der Waals surface area contributed by atoms with Crippen molar-refractivity contribution in [1.29, 1.82) is 0 Å². The Morgan fingerprint density at radius 3 is 2.24 bits per heavy atom. The van der Waals surface area contributed by atoms with Crippen molar-refractivity contribution in [1.82, 2.24) is 15.5 Å². The molecule has 1 aromatic rings. The Labute approximate surface area is 245 Å². The highest BCUT2D eigenvalue weighted by atomic mass is 16.5. The zero-order valence-corrected chi connectivity index (χ0v) is 24.0. The largest absolute Gasteiger partial charge is 0.382 e. The number of nitrogens with zero attached hydrogens (tertiary/aromatic N) is 1. The molecule has 0 radical (unpaired) electrons. The second-order valence-corrected chi connectivity index (χ2v) is 12.8. The van der Waals surface area contributed by atoms with E-state index in [1.807, 2.05) is 0 Å². The van der Waals surface area contributed by atoms with Crippen molar-refractivity contribution >= 4 is 35.2 Å². The summed E-state index contributed by atoms with van der Waals surface area (Å²) >= 11 is 0. The molecule has 7 rings (SSSR count). The summed E-state index contributed by atoms with van der Waals surface area (Å²) in [4.78, 5) is 63.4. The zero-order chi connectivity index (χ0) is 29.3. The first-order valence-corrected chi connectivity index (χ1v) is 15.3.